The topological polar surface area (TPSA) is 12.4 Å². The van der Waals surface area contributed by atoms with E-state index in [2.05, 4.69) is 25.8 Å². The van der Waals surface area contributed by atoms with Crippen molar-refractivity contribution in [2.75, 3.05) is 0 Å². The van der Waals surface area contributed by atoms with Gasteiger partial charge in [0.2, 0.25) is 0 Å². The first-order chi connectivity index (χ1) is 6.52. The summed E-state index contributed by atoms with van der Waals surface area (Å²) < 4.78 is 0. The Kier molecular flexibility index (Phi) is 6.73. The van der Waals surface area contributed by atoms with E-state index in [1.165, 1.54) is 0 Å². The van der Waals surface area contributed by atoms with E-state index in [0.717, 1.165) is 17.3 Å². The highest BCUT2D eigenvalue weighted by atomic mass is 14.7. The quantitative estimate of drug-likeness (QED) is 0.581. The standard InChI is InChI=1S/C9H11N.C4H10/c1-8(2)10-9-6-4-3-5-7-9;1-4(2)3/h3-7H,1-2H3;4H,1-3H3. The lowest BCUT2D eigenvalue weighted by Gasteiger charge is -1.91. The molecule has 0 aliphatic heterocycles. The first-order valence-electron chi connectivity index (χ1n) is 5.09. The van der Waals surface area contributed by atoms with Crippen molar-refractivity contribution in [3.05, 3.63) is 30.3 Å². The monoisotopic (exact) mass is 191 g/mol. The summed E-state index contributed by atoms with van der Waals surface area (Å²) in [5.74, 6) is 0.833. The largest absolute Gasteiger partial charge is 0.258 e. The summed E-state index contributed by atoms with van der Waals surface area (Å²) in [7, 11) is 0. The lowest BCUT2D eigenvalue weighted by atomic mass is 10.3. The minimum Gasteiger partial charge on any atom is -0.258 e. The van der Waals surface area contributed by atoms with Crippen LogP contribution in [-0.4, -0.2) is 5.71 Å². The van der Waals surface area contributed by atoms with Crippen LogP contribution in [0.25, 0.3) is 0 Å². The first kappa shape index (κ1) is 12.9. The molecule has 0 saturated carbocycles. The second-order valence-corrected chi connectivity index (χ2v) is 4.13. The Morgan fingerprint density at radius 3 is 1.79 bits per heavy atom. The summed E-state index contributed by atoms with van der Waals surface area (Å²) in [5.41, 5.74) is 2.12. The van der Waals surface area contributed by atoms with Crippen LogP contribution in [0.1, 0.15) is 34.6 Å². The predicted octanol–water partition coefficient (Wildman–Crippen LogP) is 4.46. The molecular formula is C13H21N. The van der Waals surface area contributed by atoms with Gasteiger partial charge in [-0.15, -0.1) is 0 Å². The molecular weight excluding hydrogens is 170 g/mol. The fraction of sp³-hybridized carbons (Fsp3) is 0.462. The molecule has 0 heterocycles. The van der Waals surface area contributed by atoms with E-state index in [1.54, 1.807) is 0 Å². The van der Waals surface area contributed by atoms with Gasteiger partial charge in [-0.2, -0.15) is 0 Å². The van der Waals surface area contributed by atoms with Gasteiger partial charge in [0, 0.05) is 5.71 Å². The average molecular weight is 191 g/mol. The highest BCUT2D eigenvalue weighted by Crippen LogP contribution is 2.09. The van der Waals surface area contributed by atoms with Gasteiger partial charge in [-0.25, -0.2) is 0 Å². The number of hydrogen-bond acceptors (Lipinski definition) is 1. The molecule has 0 atom stereocenters. The van der Waals surface area contributed by atoms with E-state index in [0.29, 0.717) is 0 Å². The number of hydrogen-bond donors (Lipinski definition) is 0. The third-order valence-corrected chi connectivity index (χ3v) is 1.11. The molecule has 0 N–H and O–H groups in total. The third kappa shape index (κ3) is 8.98. The summed E-state index contributed by atoms with van der Waals surface area (Å²) in [5, 5.41) is 0. The highest BCUT2D eigenvalue weighted by molar-refractivity contribution is 5.81. The van der Waals surface area contributed by atoms with Gasteiger partial charge in [-0.1, -0.05) is 39.0 Å². The van der Waals surface area contributed by atoms with E-state index in [-0.39, 0.29) is 0 Å². The van der Waals surface area contributed by atoms with Crippen molar-refractivity contribution >= 4 is 11.4 Å². The van der Waals surface area contributed by atoms with Crippen molar-refractivity contribution in [1.82, 2.24) is 0 Å². The molecule has 1 aromatic rings. The van der Waals surface area contributed by atoms with Gasteiger partial charge in [-0.05, 0) is 31.9 Å². The fourth-order valence-electron chi connectivity index (χ4n) is 0.761. The summed E-state index contributed by atoms with van der Waals surface area (Å²) in [6, 6.07) is 9.95. The van der Waals surface area contributed by atoms with Crippen molar-refractivity contribution in [3.63, 3.8) is 0 Å². The molecule has 0 aromatic heterocycles. The maximum atomic E-state index is 4.28. The van der Waals surface area contributed by atoms with E-state index < -0.39 is 0 Å². The Morgan fingerprint density at radius 2 is 1.43 bits per heavy atom. The van der Waals surface area contributed by atoms with Gasteiger partial charge in [-0.3, -0.25) is 4.99 Å². The van der Waals surface area contributed by atoms with Crippen molar-refractivity contribution < 1.29 is 0 Å². The molecule has 0 fully saturated rings. The van der Waals surface area contributed by atoms with Crippen LogP contribution in [0.4, 0.5) is 5.69 Å². The zero-order chi connectivity index (χ0) is 11.0. The lowest BCUT2D eigenvalue weighted by molar-refractivity contribution is 0.737. The molecule has 1 aromatic carbocycles. The van der Waals surface area contributed by atoms with Crippen LogP contribution in [0.5, 0.6) is 0 Å². The molecule has 1 nitrogen and oxygen atoms in total. The average Bonchev–Trinajstić information content (AvgIpc) is 2.03. The van der Waals surface area contributed by atoms with Gasteiger partial charge in [0.25, 0.3) is 0 Å². The lowest BCUT2D eigenvalue weighted by Crippen LogP contribution is -1.76. The van der Waals surface area contributed by atoms with Gasteiger partial charge < -0.3 is 0 Å². The molecule has 0 unspecified atom stereocenters. The Hall–Kier alpha value is -1.11. The number of benzene rings is 1. The molecule has 1 heteroatoms. The van der Waals surface area contributed by atoms with Crippen LogP contribution >= 0.6 is 0 Å². The fourth-order valence-corrected chi connectivity index (χ4v) is 0.761. The van der Waals surface area contributed by atoms with E-state index >= 15 is 0 Å². The zero-order valence-corrected chi connectivity index (χ0v) is 9.91. The van der Waals surface area contributed by atoms with Crippen LogP contribution in [0.2, 0.25) is 0 Å². The number of para-hydroxylation sites is 1. The van der Waals surface area contributed by atoms with Crippen LogP contribution in [0, 0.1) is 5.92 Å². The van der Waals surface area contributed by atoms with Gasteiger partial charge in [0.1, 0.15) is 0 Å². The Balaban J connectivity index is 0.000000364. The van der Waals surface area contributed by atoms with Gasteiger partial charge >= 0.3 is 0 Å². The molecule has 0 amide bonds. The number of aliphatic imine (C=N–C) groups is 1. The van der Waals surface area contributed by atoms with E-state index in [4.69, 9.17) is 0 Å². The molecule has 0 aliphatic carbocycles. The normalized spacial score (nSPS) is 9.00. The van der Waals surface area contributed by atoms with Crippen molar-refractivity contribution in [1.29, 1.82) is 0 Å². The molecule has 0 saturated heterocycles. The minimum absolute atomic E-state index is 0.833. The molecule has 0 aliphatic rings. The van der Waals surface area contributed by atoms with E-state index in [9.17, 15) is 0 Å². The second kappa shape index (κ2) is 7.31. The predicted molar refractivity (Wildman–Crippen MR) is 65.4 cm³/mol. The maximum absolute atomic E-state index is 4.28. The van der Waals surface area contributed by atoms with Crippen LogP contribution in [0.3, 0.4) is 0 Å². The number of rotatable bonds is 1. The van der Waals surface area contributed by atoms with E-state index in [1.807, 2.05) is 44.2 Å². The molecule has 0 bridgehead atoms. The molecule has 0 spiro atoms. The third-order valence-electron chi connectivity index (χ3n) is 1.11. The zero-order valence-electron chi connectivity index (χ0n) is 9.91. The summed E-state index contributed by atoms with van der Waals surface area (Å²) in [6.07, 6.45) is 0. The van der Waals surface area contributed by atoms with Crippen LogP contribution in [0.15, 0.2) is 35.3 Å². The highest BCUT2D eigenvalue weighted by Gasteiger charge is 1.83. The minimum atomic E-state index is 0.833. The number of nitrogens with zero attached hydrogens (tertiary/aromatic N) is 1. The van der Waals surface area contributed by atoms with Crippen LogP contribution < -0.4 is 0 Å². The summed E-state index contributed by atoms with van der Waals surface area (Å²) in [4.78, 5) is 4.28. The van der Waals surface area contributed by atoms with Crippen molar-refractivity contribution in [3.8, 4) is 0 Å². The summed E-state index contributed by atoms with van der Waals surface area (Å²) >= 11 is 0. The smallest absolute Gasteiger partial charge is 0.0628 e. The van der Waals surface area contributed by atoms with Crippen molar-refractivity contribution in [2.45, 2.75) is 34.6 Å². The molecule has 1 rings (SSSR count). The molecule has 14 heavy (non-hydrogen) atoms. The second-order valence-electron chi connectivity index (χ2n) is 4.13. The first-order valence-corrected chi connectivity index (χ1v) is 5.09. The van der Waals surface area contributed by atoms with Gasteiger partial charge in [0.15, 0.2) is 0 Å². The molecule has 0 radical (unpaired) electrons. The van der Waals surface area contributed by atoms with Gasteiger partial charge in [0.05, 0.1) is 5.69 Å². The van der Waals surface area contributed by atoms with Crippen LogP contribution in [-0.2, 0) is 0 Å². The Labute approximate surface area is 87.9 Å². The molecule has 78 valence electrons. The Morgan fingerprint density at radius 1 is 1.00 bits per heavy atom. The summed E-state index contributed by atoms with van der Waals surface area (Å²) in [6.45, 7) is 10.5. The SMILES string of the molecule is CC(C)=Nc1ccccc1.CC(C)C. The maximum Gasteiger partial charge on any atom is 0.0628 e. The van der Waals surface area contributed by atoms with Crippen molar-refractivity contribution in [2.24, 2.45) is 10.9 Å². The Bertz CT molecular complexity index is 253.